The first kappa shape index (κ1) is 17.9. The lowest BCUT2D eigenvalue weighted by atomic mass is 9.94. The van der Waals surface area contributed by atoms with Crippen molar-refractivity contribution in [3.8, 4) is 11.4 Å². The minimum absolute atomic E-state index is 0.0902. The maximum atomic E-state index is 15.7. The fourth-order valence-corrected chi connectivity index (χ4v) is 3.65. The first-order valence-electron chi connectivity index (χ1n) is 9.55. The molecule has 140 valence electrons. The van der Waals surface area contributed by atoms with Gasteiger partial charge < -0.3 is 4.52 Å². The van der Waals surface area contributed by atoms with Gasteiger partial charge in [-0.15, -0.1) is 0 Å². The summed E-state index contributed by atoms with van der Waals surface area (Å²) in [7, 11) is 0. The quantitative estimate of drug-likeness (QED) is 0.654. The summed E-state index contributed by atoms with van der Waals surface area (Å²) in [5, 5.41) is 3.99. The SMILES string of the molecule is CCc1ccc(CN2CCCC(F)(c3nc(-c4ccccc4)no3)C2)cc1. The Kier molecular flexibility index (Phi) is 5.03. The molecular formula is C22H24FN3O. The molecule has 5 heteroatoms. The summed E-state index contributed by atoms with van der Waals surface area (Å²) in [6, 6.07) is 18.1. The topological polar surface area (TPSA) is 42.2 Å². The van der Waals surface area contributed by atoms with Crippen LogP contribution in [0, 0.1) is 0 Å². The van der Waals surface area contributed by atoms with E-state index < -0.39 is 5.67 Å². The van der Waals surface area contributed by atoms with Crippen molar-refractivity contribution in [1.82, 2.24) is 15.0 Å². The number of piperidine rings is 1. The van der Waals surface area contributed by atoms with Gasteiger partial charge >= 0.3 is 0 Å². The van der Waals surface area contributed by atoms with Gasteiger partial charge in [0, 0.05) is 18.7 Å². The largest absolute Gasteiger partial charge is 0.335 e. The number of rotatable bonds is 5. The lowest BCUT2D eigenvalue weighted by Crippen LogP contribution is -2.43. The molecule has 1 fully saturated rings. The molecule has 1 aromatic heterocycles. The van der Waals surface area contributed by atoms with E-state index in [9.17, 15) is 0 Å². The molecule has 27 heavy (non-hydrogen) atoms. The minimum atomic E-state index is -1.60. The summed E-state index contributed by atoms with van der Waals surface area (Å²) in [6.45, 7) is 4.03. The molecular weight excluding hydrogens is 341 g/mol. The summed E-state index contributed by atoms with van der Waals surface area (Å²) in [5.41, 5.74) is 1.75. The second-order valence-electron chi connectivity index (χ2n) is 7.24. The molecule has 2 aromatic carbocycles. The molecule has 4 rings (SSSR count). The summed E-state index contributed by atoms with van der Waals surface area (Å²) in [5.74, 6) is 0.530. The second kappa shape index (κ2) is 7.61. The van der Waals surface area contributed by atoms with Gasteiger partial charge in [-0.3, -0.25) is 4.90 Å². The predicted octanol–water partition coefficient (Wildman–Crippen LogP) is 4.76. The maximum Gasteiger partial charge on any atom is 0.265 e. The van der Waals surface area contributed by atoms with Crippen molar-refractivity contribution < 1.29 is 8.91 Å². The molecule has 3 aromatic rings. The Morgan fingerprint density at radius 3 is 2.56 bits per heavy atom. The number of likely N-dealkylation sites (tertiary alicyclic amines) is 1. The Hall–Kier alpha value is -2.53. The standard InChI is InChI=1S/C22H24FN3O/c1-2-17-9-11-18(12-10-17)15-26-14-6-13-22(23,16-26)21-24-20(25-27-21)19-7-4-3-5-8-19/h3-5,7-12H,2,6,13-16H2,1H3. The lowest BCUT2D eigenvalue weighted by molar-refractivity contribution is 0.0124. The van der Waals surface area contributed by atoms with E-state index in [-0.39, 0.29) is 12.4 Å². The van der Waals surface area contributed by atoms with E-state index in [1.807, 2.05) is 30.3 Å². The highest BCUT2D eigenvalue weighted by molar-refractivity contribution is 5.53. The maximum absolute atomic E-state index is 15.7. The molecule has 0 radical (unpaired) electrons. The highest BCUT2D eigenvalue weighted by atomic mass is 19.1. The fourth-order valence-electron chi connectivity index (χ4n) is 3.65. The third-order valence-corrected chi connectivity index (χ3v) is 5.20. The van der Waals surface area contributed by atoms with Crippen LogP contribution in [0.15, 0.2) is 59.1 Å². The molecule has 2 heterocycles. The molecule has 1 aliphatic heterocycles. The molecule has 0 amide bonds. The van der Waals surface area contributed by atoms with Crippen molar-refractivity contribution in [1.29, 1.82) is 0 Å². The van der Waals surface area contributed by atoms with Crippen molar-refractivity contribution in [3.05, 3.63) is 71.6 Å². The summed E-state index contributed by atoms with van der Waals surface area (Å²) in [4.78, 5) is 6.50. The van der Waals surface area contributed by atoms with Gasteiger partial charge in [0.15, 0.2) is 0 Å². The van der Waals surface area contributed by atoms with Crippen molar-refractivity contribution in [2.75, 3.05) is 13.1 Å². The molecule has 0 aliphatic carbocycles. The van der Waals surface area contributed by atoms with Gasteiger partial charge in [-0.1, -0.05) is 66.7 Å². The molecule has 0 saturated carbocycles. The van der Waals surface area contributed by atoms with Crippen molar-refractivity contribution in [2.24, 2.45) is 0 Å². The second-order valence-corrected chi connectivity index (χ2v) is 7.24. The van der Waals surface area contributed by atoms with Crippen LogP contribution in [0.5, 0.6) is 0 Å². The average molecular weight is 365 g/mol. The number of alkyl halides is 1. The predicted molar refractivity (Wildman–Crippen MR) is 103 cm³/mol. The number of benzene rings is 2. The van der Waals surface area contributed by atoms with Crippen LogP contribution in [0.1, 0.15) is 36.8 Å². The van der Waals surface area contributed by atoms with Crippen molar-refractivity contribution in [2.45, 2.75) is 38.4 Å². The highest BCUT2D eigenvalue weighted by Crippen LogP contribution is 2.36. The van der Waals surface area contributed by atoms with Gasteiger partial charge in [0.1, 0.15) is 0 Å². The van der Waals surface area contributed by atoms with Gasteiger partial charge in [0.2, 0.25) is 11.5 Å². The zero-order valence-corrected chi connectivity index (χ0v) is 15.6. The van der Waals surface area contributed by atoms with Crippen LogP contribution < -0.4 is 0 Å². The van der Waals surface area contributed by atoms with Gasteiger partial charge in [-0.25, -0.2) is 4.39 Å². The molecule has 1 unspecified atom stereocenters. The van der Waals surface area contributed by atoms with Crippen LogP contribution in [0.2, 0.25) is 0 Å². The van der Waals surface area contributed by atoms with Gasteiger partial charge in [0.05, 0.1) is 0 Å². The van der Waals surface area contributed by atoms with Crippen molar-refractivity contribution >= 4 is 0 Å². The number of hydrogen-bond donors (Lipinski definition) is 0. The Morgan fingerprint density at radius 2 is 1.81 bits per heavy atom. The van der Waals surface area contributed by atoms with E-state index in [1.165, 1.54) is 11.1 Å². The number of nitrogens with zero attached hydrogens (tertiary/aromatic N) is 3. The lowest BCUT2D eigenvalue weighted by Gasteiger charge is -2.35. The van der Waals surface area contributed by atoms with Crippen LogP contribution in [-0.4, -0.2) is 28.1 Å². The number of aromatic nitrogens is 2. The minimum Gasteiger partial charge on any atom is -0.335 e. The first-order valence-corrected chi connectivity index (χ1v) is 9.55. The van der Waals surface area contributed by atoms with Crippen LogP contribution in [0.25, 0.3) is 11.4 Å². The Balaban J connectivity index is 1.48. The Labute approximate surface area is 159 Å². The monoisotopic (exact) mass is 365 g/mol. The van der Waals surface area contributed by atoms with Gasteiger partial charge in [0.25, 0.3) is 5.89 Å². The number of aryl methyl sites for hydroxylation is 1. The highest BCUT2D eigenvalue weighted by Gasteiger charge is 2.42. The van der Waals surface area contributed by atoms with E-state index in [1.54, 1.807) is 0 Å². The molecule has 0 spiro atoms. The molecule has 1 saturated heterocycles. The van der Waals surface area contributed by atoms with Crippen LogP contribution in [0.4, 0.5) is 4.39 Å². The van der Waals surface area contributed by atoms with Gasteiger partial charge in [-0.2, -0.15) is 4.98 Å². The first-order chi connectivity index (χ1) is 13.2. The van der Waals surface area contributed by atoms with Crippen LogP contribution in [0.3, 0.4) is 0 Å². The van der Waals surface area contributed by atoms with Crippen molar-refractivity contribution in [3.63, 3.8) is 0 Å². The third kappa shape index (κ3) is 3.93. The Morgan fingerprint density at radius 1 is 1.07 bits per heavy atom. The van der Waals surface area contributed by atoms with E-state index in [2.05, 4.69) is 46.2 Å². The fraction of sp³-hybridized carbons (Fsp3) is 0.364. The summed E-state index contributed by atoms with van der Waals surface area (Å²) < 4.78 is 21.0. The number of halogens is 1. The Bertz CT molecular complexity index is 878. The molecule has 0 N–H and O–H groups in total. The van der Waals surface area contributed by atoms with E-state index >= 15 is 4.39 Å². The summed E-state index contributed by atoms with van der Waals surface area (Å²) in [6.07, 6.45) is 2.21. The zero-order chi connectivity index (χ0) is 18.7. The van der Waals surface area contributed by atoms with E-state index in [0.29, 0.717) is 12.2 Å². The molecule has 1 aliphatic rings. The third-order valence-electron chi connectivity index (χ3n) is 5.20. The molecule has 4 nitrogen and oxygen atoms in total. The van der Waals surface area contributed by atoms with Crippen LogP contribution in [-0.2, 0) is 18.6 Å². The molecule has 0 bridgehead atoms. The molecule has 1 atom stereocenters. The van der Waals surface area contributed by atoms with E-state index in [0.717, 1.165) is 31.5 Å². The zero-order valence-electron chi connectivity index (χ0n) is 15.6. The van der Waals surface area contributed by atoms with Gasteiger partial charge in [-0.05, 0) is 36.9 Å². The normalized spacial score (nSPS) is 20.7. The number of hydrogen-bond acceptors (Lipinski definition) is 4. The summed E-state index contributed by atoms with van der Waals surface area (Å²) >= 11 is 0. The smallest absolute Gasteiger partial charge is 0.265 e. The van der Waals surface area contributed by atoms with E-state index in [4.69, 9.17) is 4.52 Å². The van der Waals surface area contributed by atoms with Crippen LogP contribution >= 0.6 is 0 Å². The average Bonchev–Trinajstić information content (AvgIpc) is 3.21.